The maximum atomic E-state index is 9.10. The summed E-state index contributed by atoms with van der Waals surface area (Å²) in [6.07, 6.45) is 0. The minimum atomic E-state index is -1.82. The molecular formula is C2H5CsO5. The van der Waals surface area contributed by atoms with Gasteiger partial charge in [-0.1, -0.05) is 0 Å². The summed E-state index contributed by atoms with van der Waals surface area (Å²) in [6, 6.07) is 0. The van der Waals surface area contributed by atoms with E-state index in [9.17, 15) is 0 Å². The Bertz CT molecular complexity index is 76.4. The number of carboxylic acids is 2. The van der Waals surface area contributed by atoms with E-state index in [1.807, 2.05) is 0 Å². The van der Waals surface area contributed by atoms with E-state index in [4.69, 9.17) is 19.8 Å². The Hall–Kier alpha value is 0.952. The molecule has 4 N–H and O–H groups in total. The summed E-state index contributed by atoms with van der Waals surface area (Å²) in [6.45, 7) is 0. The molecule has 0 fully saturated rings. The van der Waals surface area contributed by atoms with Crippen LogP contribution in [0.2, 0.25) is 0 Å². The Balaban J connectivity index is -0.000000125. The number of aliphatic carboxylic acids is 2. The first-order valence-corrected chi connectivity index (χ1v) is 1.11. The van der Waals surface area contributed by atoms with Crippen LogP contribution >= 0.6 is 0 Å². The van der Waals surface area contributed by atoms with Gasteiger partial charge in [-0.3, -0.25) is 0 Å². The summed E-state index contributed by atoms with van der Waals surface area (Å²) < 4.78 is 0. The van der Waals surface area contributed by atoms with Gasteiger partial charge in [-0.15, -0.1) is 0 Å². The molecule has 0 bridgehead atoms. The molecule has 5 nitrogen and oxygen atoms in total. The molecule has 0 aromatic rings. The van der Waals surface area contributed by atoms with Crippen LogP contribution in [-0.2, 0) is 9.59 Å². The normalized spacial score (nSPS) is 5.50. The molecule has 0 amide bonds. The molecule has 0 radical (unpaired) electrons. The van der Waals surface area contributed by atoms with E-state index in [1.54, 1.807) is 0 Å². The first-order valence-electron chi connectivity index (χ1n) is 1.11. The zero-order valence-corrected chi connectivity index (χ0v) is 3.21. The third-order valence-electron chi connectivity index (χ3n) is 0.183. The Morgan fingerprint density at radius 2 is 1.12 bits per heavy atom. The van der Waals surface area contributed by atoms with Crippen molar-refractivity contribution in [2.45, 2.75) is 0 Å². The molecule has 6 heteroatoms. The van der Waals surface area contributed by atoms with Crippen LogP contribution in [0.25, 0.3) is 0 Å². The van der Waals surface area contributed by atoms with Gasteiger partial charge in [0.1, 0.15) is 0 Å². The topological polar surface area (TPSA) is 106 Å². The molecule has 0 heterocycles. The van der Waals surface area contributed by atoms with Crippen molar-refractivity contribution in [1.29, 1.82) is 0 Å². The van der Waals surface area contributed by atoms with Crippen molar-refractivity contribution in [3.8, 4) is 0 Å². The van der Waals surface area contributed by atoms with Gasteiger partial charge in [0.25, 0.3) is 0 Å². The summed E-state index contributed by atoms with van der Waals surface area (Å²) in [4.78, 5) is 18.2. The molecule has 0 atom stereocenters. The van der Waals surface area contributed by atoms with Crippen LogP contribution in [0.1, 0.15) is 0 Å². The fraction of sp³-hybridized carbons (Fsp3) is 0. The summed E-state index contributed by atoms with van der Waals surface area (Å²) in [5.41, 5.74) is 0. The van der Waals surface area contributed by atoms with Gasteiger partial charge in [0.05, 0.1) is 0 Å². The molecule has 44 valence electrons. The predicted molar refractivity (Wildman–Crippen MR) is 26.0 cm³/mol. The van der Waals surface area contributed by atoms with E-state index in [0.717, 1.165) is 0 Å². The fourth-order valence-corrected chi connectivity index (χ4v) is 0. The van der Waals surface area contributed by atoms with E-state index in [0.29, 0.717) is 0 Å². The van der Waals surface area contributed by atoms with Gasteiger partial charge in [0, 0.05) is 0 Å². The molecule has 0 spiro atoms. The standard InChI is InChI=1S/C2H2O4.Cs.H2O.H/c3-1(4)2(5)6;;;/h(H,3,4)(H,5,6);;1H2;. The number of rotatable bonds is 0. The van der Waals surface area contributed by atoms with Crippen molar-refractivity contribution < 1.29 is 25.3 Å². The second-order valence-corrected chi connectivity index (χ2v) is 0.610. The predicted octanol–water partition coefficient (Wildman–Crippen LogP) is -2.32. The van der Waals surface area contributed by atoms with Crippen molar-refractivity contribution in [2.75, 3.05) is 0 Å². The summed E-state index contributed by atoms with van der Waals surface area (Å²) >= 11 is 0. The second kappa shape index (κ2) is 7.95. The maximum absolute atomic E-state index is 9.10. The Labute approximate surface area is 104 Å². The van der Waals surface area contributed by atoms with Crippen molar-refractivity contribution in [3.05, 3.63) is 0 Å². The monoisotopic (exact) mass is 242 g/mol. The van der Waals surface area contributed by atoms with E-state index in [-0.39, 0.29) is 74.4 Å². The SMILES string of the molecule is O.O=C(O)C(=O)O.[CsH]. The van der Waals surface area contributed by atoms with E-state index >= 15 is 0 Å². The molecule has 0 aliphatic carbocycles. The van der Waals surface area contributed by atoms with Crippen LogP contribution in [0.3, 0.4) is 0 Å². The number of hydrogen-bond donors (Lipinski definition) is 2. The molecule has 0 aromatic carbocycles. The second-order valence-electron chi connectivity index (χ2n) is 0.610. The summed E-state index contributed by atoms with van der Waals surface area (Å²) in [5, 5.41) is 14.8. The van der Waals surface area contributed by atoms with Crippen LogP contribution in [-0.4, -0.2) is 96.5 Å². The molecule has 0 aromatic heterocycles. The zero-order valence-electron chi connectivity index (χ0n) is 3.21. The van der Waals surface area contributed by atoms with E-state index in [2.05, 4.69) is 0 Å². The van der Waals surface area contributed by atoms with Crippen LogP contribution in [0.5, 0.6) is 0 Å². The number of hydrogen-bond acceptors (Lipinski definition) is 2. The third-order valence-corrected chi connectivity index (χ3v) is 0.183. The number of carboxylic acid groups (broad SMARTS) is 2. The third kappa shape index (κ3) is 10.0. The molecule has 0 aliphatic rings. The van der Waals surface area contributed by atoms with Crippen molar-refractivity contribution in [3.63, 3.8) is 0 Å². The molecule has 0 aliphatic heterocycles. The molecular weight excluding hydrogens is 237 g/mol. The molecule has 8 heavy (non-hydrogen) atoms. The van der Waals surface area contributed by atoms with Crippen LogP contribution in [0.4, 0.5) is 0 Å². The molecule has 0 saturated carbocycles. The van der Waals surface area contributed by atoms with Crippen molar-refractivity contribution in [1.82, 2.24) is 0 Å². The van der Waals surface area contributed by atoms with Crippen molar-refractivity contribution in [2.24, 2.45) is 0 Å². The quantitative estimate of drug-likeness (QED) is 0.465. The van der Waals surface area contributed by atoms with Gasteiger partial charge in [-0.2, -0.15) is 0 Å². The fourth-order valence-electron chi connectivity index (χ4n) is 0. The molecule has 0 unspecified atom stereocenters. The Morgan fingerprint density at radius 3 is 1.12 bits per heavy atom. The first kappa shape index (κ1) is 16.0. The minimum absolute atomic E-state index is 0. The van der Waals surface area contributed by atoms with Gasteiger partial charge < -0.3 is 15.7 Å². The van der Waals surface area contributed by atoms with E-state index < -0.39 is 11.9 Å². The average molecular weight is 242 g/mol. The Kier molecular flexibility index (Phi) is 15.9. The van der Waals surface area contributed by atoms with E-state index in [1.165, 1.54) is 0 Å². The average Bonchev–Trinajstić information content (AvgIpc) is 1.36. The van der Waals surface area contributed by atoms with Crippen LogP contribution in [0, 0.1) is 0 Å². The Morgan fingerprint density at radius 1 is 1.00 bits per heavy atom. The van der Waals surface area contributed by atoms with Crippen LogP contribution < -0.4 is 0 Å². The summed E-state index contributed by atoms with van der Waals surface area (Å²) in [7, 11) is 0. The van der Waals surface area contributed by atoms with Gasteiger partial charge in [0.2, 0.25) is 0 Å². The van der Waals surface area contributed by atoms with Gasteiger partial charge in [0.15, 0.2) is 0 Å². The summed E-state index contributed by atoms with van der Waals surface area (Å²) in [5.74, 6) is -3.65. The molecule has 0 saturated heterocycles. The van der Waals surface area contributed by atoms with Crippen LogP contribution in [0.15, 0.2) is 0 Å². The van der Waals surface area contributed by atoms with Gasteiger partial charge in [-0.25, -0.2) is 9.59 Å². The van der Waals surface area contributed by atoms with Crippen molar-refractivity contribution >= 4 is 80.8 Å². The number of carbonyl (C=O) groups is 2. The molecule has 0 rings (SSSR count). The first-order chi connectivity index (χ1) is 2.64. The van der Waals surface area contributed by atoms with Gasteiger partial charge >= 0.3 is 80.8 Å². The van der Waals surface area contributed by atoms with Gasteiger partial charge in [-0.05, 0) is 0 Å². The zero-order chi connectivity index (χ0) is 5.15.